The third-order valence-corrected chi connectivity index (χ3v) is 5.33. The predicted molar refractivity (Wildman–Crippen MR) is 111 cm³/mol. The fraction of sp³-hybridized carbons (Fsp3) is 0.167. The number of anilines is 1. The Labute approximate surface area is 155 Å². The number of aryl methyl sites for hydroxylation is 1. The van der Waals surface area contributed by atoms with Gasteiger partial charge in [-0.3, -0.25) is 0 Å². The van der Waals surface area contributed by atoms with E-state index in [4.69, 9.17) is 4.74 Å². The van der Waals surface area contributed by atoms with E-state index in [-0.39, 0.29) is 0 Å². The summed E-state index contributed by atoms with van der Waals surface area (Å²) in [5, 5.41) is 2.43. The fourth-order valence-corrected chi connectivity index (χ4v) is 3.88. The highest BCUT2D eigenvalue weighted by atomic mass is 16.5. The van der Waals surface area contributed by atoms with Gasteiger partial charge in [0.15, 0.2) is 0 Å². The Bertz CT molecular complexity index is 1030. The predicted octanol–water partition coefficient (Wildman–Crippen LogP) is 5.96. The maximum Gasteiger partial charge on any atom is 0.228 e. The zero-order valence-corrected chi connectivity index (χ0v) is 15.5. The molecule has 2 heteroatoms. The average molecular weight is 341 g/mol. The maximum absolute atomic E-state index is 6.69. The minimum atomic E-state index is -0.717. The molecule has 0 bridgehead atoms. The number of fused-ring (bicyclic) bond motifs is 2. The van der Waals surface area contributed by atoms with Crippen molar-refractivity contribution in [3.8, 4) is 5.75 Å². The number of benzene rings is 3. The molecule has 0 aromatic heterocycles. The van der Waals surface area contributed by atoms with Crippen molar-refractivity contribution in [3.05, 3.63) is 90.5 Å². The Morgan fingerprint density at radius 1 is 1.00 bits per heavy atom. The van der Waals surface area contributed by atoms with Gasteiger partial charge in [-0.15, -0.1) is 0 Å². The SMILES string of the molecule is C=C1c2ccccc2N(C)C1(/C=C\C)Oc1ccc2ccccc2c1C. The summed E-state index contributed by atoms with van der Waals surface area (Å²) in [6.45, 7) is 8.52. The van der Waals surface area contributed by atoms with E-state index in [1.165, 1.54) is 10.8 Å². The smallest absolute Gasteiger partial charge is 0.228 e. The summed E-state index contributed by atoms with van der Waals surface area (Å²) in [6.07, 6.45) is 4.12. The highest BCUT2D eigenvalue weighted by Crippen LogP contribution is 2.47. The molecule has 0 fully saturated rings. The average Bonchev–Trinajstić information content (AvgIpc) is 2.87. The van der Waals surface area contributed by atoms with Crippen LogP contribution in [0.3, 0.4) is 0 Å². The van der Waals surface area contributed by atoms with Gasteiger partial charge in [-0.2, -0.15) is 0 Å². The Kier molecular flexibility index (Phi) is 3.84. The number of ether oxygens (including phenoxy) is 1. The molecule has 1 atom stereocenters. The second kappa shape index (κ2) is 6.06. The van der Waals surface area contributed by atoms with Crippen LogP contribution in [0.15, 0.2) is 79.4 Å². The first-order valence-corrected chi connectivity index (χ1v) is 8.92. The van der Waals surface area contributed by atoms with Crippen molar-refractivity contribution in [2.45, 2.75) is 19.6 Å². The minimum absolute atomic E-state index is 0.717. The summed E-state index contributed by atoms with van der Waals surface area (Å²) in [4.78, 5) is 2.17. The Balaban J connectivity index is 1.85. The number of rotatable bonds is 3. The lowest BCUT2D eigenvalue weighted by Gasteiger charge is -2.36. The molecule has 1 heterocycles. The molecule has 0 amide bonds. The standard InChI is InChI=1S/C24H23NO/c1-5-16-24(18(3)21-12-8-9-13-22(21)25(24)4)26-23-15-14-19-10-6-7-11-20(19)17(23)2/h5-16H,3H2,1-2,4H3/b16-5-. The number of likely N-dealkylation sites (N-methyl/N-ethyl adjacent to an activating group) is 1. The van der Waals surface area contributed by atoms with E-state index in [0.717, 1.165) is 28.1 Å². The third kappa shape index (κ3) is 2.26. The van der Waals surface area contributed by atoms with Crippen molar-refractivity contribution in [1.29, 1.82) is 0 Å². The molecule has 1 aliphatic rings. The van der Waals surface area contributed by atoms with Gasteiger partial charge in [0.1, 0.15) is 5.75 Å². The largest absolute Gasteiger partial charge is 0.460 e. The highest BCUT2D eigenvalue weighted by molar-refractivity contribution is 5.91. The van der Waals surface area contributed by atoms with Crippen LogP contribution >= 0.6 is 0 Å². The van der Waals surface area contributed by atoms with E-state index in [1.807, 2.05) is 19.1 Å². The van der Waals surface area contributed by atoms with Crippen molar-refractivity contribution in [3.63, 3.8) is 0 Å². The Morgan fingerprint density at radius 2 is 1.73 bits per heavy atom. The van der Waals surface area contributed by atoms with E-state index in [2.05, 4.69) is 86.1 Å². The van der Waals surface area contributed by atoms with Gasteiger partial charge in [-0.05, 0) is 48.4 Å². The first kappa shape index (κ1) is 16.5. The lowest BCUT2D eigenvalue weighted by molar-refractivity contribution is 0.186. The first-order chi connectivity index (χ1) is 12.6. The molecular formula is C24H23NO. The number of nitrogens with zero attached hydrogens (tertiary/aromatic N) is 1. The first-order valence-electron chi connectivity index (χ1n) is 8.92. The lowest BCUT2D eigenvalue weighted by Crippen LogP contribution is -2.47. The maximum atomic E-state index is 6.69. The van der Waals surface area contributed by atoms with Crippen LogP contribution < -0.4 is 9.64 Å². The lowest BCUT2D eigenvalue weighted by atomic mass is 9.99. The monoisotopic (exact) mass is 341 g/mol. The molecule has 0 aliphatic carbocycles. The molecule has 130 valence electrons. The van der Waals surface area contributed by atoms with Gasteiger partial charge in [0.2, 0.25) is 5.72 Å². The topological polar surface area (TPSA) is 12.5 Å². The highest BCUT2D eigenvalue weighted by Gasteiger charge is 2.45. The molecular weight excluding hydrogens is 318 g/mol. The van der Waals surface area contributed by atoms with Crippen LogP contribution in [-0.4, -0.2) is 12.8 Å². The molecule has 3 aromatic rings. The van der Waals surface area contributed by atoms with E-state index in [0.29, 0.717) is 0 Å². The molecule has 2 nitrogen and oxygen atoms in total. The third-order valence-electron chi connectivity index (χ3n) is 5.33. The Morgan fingerprint density at radius 3 is 2.50 bits per heavy atom. The van der Waals surface area contributed by atoms with Crippen LogP contribution in [-0.2, 0) is 0 Å². The molecule has 1 unspecified atom stereocenters. The number of hydrogen-bond acceptors (Lipinski definition) is 2. The second-order valence-electron chi connectivity index (χ2n) is 6.76. The van der Waals surface area contributed by atoms with E-state index in [1.54, 1.807) is 0 Å². The molecule has 1 aliphatic heterocycles. The molecule has 0 radical (unpaired) electrons. The molecule has 0 N–H and O–H groups in total. The summed E-state index contributed by atoms with van der Waals surface area (Å²) in [5.41, 5.74) is 3.65. The van der Waals surface area contributed by atoms with Crippen LogP contribution in [0.25, 0.3) is 16.3 Å². The molecule has 4 rings (SSSR count). The van der Waals surface area contributed by atoms with Gasteiger partial charge in [-0.25, -0.2) is 0 Å². The summed E-state index contributed by atoms with van der Waals surface area (Å²) in [6, 6.07) is 20.9. The number of hydrogen-bond donors (Lipinski definition) is 0. The summed E-state index contributed by atoms with van der Waals surface area (Å²) in [5.74, 6) is 0.877. The molecule has 26 heavy (non-hydrogen) atoms. The normalized spacial score (nSPS) is 19.3. The van der Waals surface area contributed by atoms with Crippen molar-refractivity contribution in [2.24, 2.45) is 0 Å². The van der Waals surface area contributed by atoms with E-state index < -0.39 is 5.72 Å². The van der Waals surface area contributed by atoms with Crippen LogP contribution in [0.2, 0.25) is 0 Å². The van der Waals surface area contributed by atoms with Crippen molar-refractivity contribution in [2.75, 3.05) is 11.9 Å². The number of para-hydroxylation sites is 1. The molecule has 0 spiro atoms. The van der Waals surface area contributed by atoms with Crippen LogP contribution in [0, 0.1) is 6.92 Å². The fourth-order valence-electron chi connectivity index (χ4n) is 3.88. The molecule has 3 aromatic carbocycles. The molecule has 0 saturated heterocycles. The zero-order valence-electron chi connectivity index (χ0n) is 15.5. The van der Waals surface area contributed by atoms with Crippen LogP contribution in [0.5, 0.6) is 5.75 Å². The van der Waals surface area contributed by atoms with Crippen molar-refractivity contribution >= 4 is 22.0 Å². The van der Waals surface area contributed by atoms with Crippen molar-refractivity contribution < 1.29 is 4.74 Å². The van der Waals surface area contributed by atoms with Gasteiger partial charge < -0.3 is 9.64 Å². The minimum Gasteiger partial charge on any atom is -0.460 e. The van der Waals surface area contributed by atoms with Gasteiger partial charge in [-0.1, -0.05) is 61.2 Å². The van der Waals surface area contributed by atoms with E-state index in [9.17, 15) is 0 Å². The van der Waals surface area contributed by atoms with E-state index >= 15 is 0 Å². The molecule has 0 saturated carbocycles. The van der Waals surface area contributed by atoms with Crippen LogP contribution in [0.1, 0.15) is 18.1 Å². The Hall–Kier alpha value is -3.00. The summed E-state index contributed by atoms with van der Waals surface area (Å²) >= 11 is 0. The van der Waals surface area contributed by atoms with Crippen molar-refractivity contribution in [1.82, 2.24) is 0 Å². The zero-order chi connectivity index (χ0) is 18.3. The van der Waals surface area contributed by atoms with Gasteiger partial charge in [0.25, 0.3) is 0 Å². The van der Waals surface area contributed by atoms with Gasteiger partial charge in [0.05, 0.1) is 0 Å². The second-order valence-corrected chi connectivity index (χ2v) is 6.76. The summed E-state index contributed by atoms with van der Waals surface area (Å²) in [7, 11) is 2.06. The van der Waals surface area contributed by atoms with Gasteiger partial charge >= 0.3 is 0 Å². The van der Waals surface area contributed by atoms with Gasteiger partial charge in [0, 0.05) is 23.9 Å². The van der Waals surface area contributed by atoms with Crippen LogP contribution in [0.4, 0.5) is 5.69 Å². The quantitative estimate of drug-likeness (QED) is 0.545. The summed E-state index contributed by atoms with van der Waals surface area (Å²) < 4.78 is 6.69. The number of allylic oxidation sites excluding steroid dienone is 1.